The molecule has 6 atom stereocenters. The number of aliphatic carboxylic acids is 1. The van der Waals surface area contributed by atoms with E-state index in [1.165, 1.54) is 0 Å². The number of carbonyl (C=O) groups is 2. The second-order valence-electron chi connectivity index (χ2n) is 6.10. The minimum Gasteiger partial charge on any atom is -0.479 e. The number of hydrogen-bond donors (Lipinski definition) is 7. The van der Waals surface area contributed by atoms with Gasteiger partial charge < -0.3 is 45.5 Å². The number of methoxy groups -OCH3 is 1. The zero-order valence-electron chi connectivity index (χ0n) is 15.7. The molecule has 0 saturated carbocycles. The fourth-order valence-electron chi connectivity index (χ4n) is 2.63. The molecule has 1 heterocycles. The molecule has 1 fully saturated rings. The number of carboxylic acid groups (broad SMARTS) is 1. The maximum absolute atomic E-state index is 11.4. The molecule has 11 nitrogen and oxygen atoms in total. The molecule has 1 aliphatic heterocycles. The lowest BCUT2D eigenvalue weighted by atomic mass is 9.75. The molecule has 7 N–H and O–H groups in total. The molecule has 29 heavy (non-hydrogen) atoms. The summed E-state index contributed by atoms with van der Waals surface area (Å²) in [6.45, 7) is 1.58. The maximum Gasteiger partial charge on any atom is 0.364 e. The van der Waals surface area contributed by atoms with Gasteiger partial charge in [0.25, 0.3) is 5.79 Å². The molecule has 170 valence electrons. The summed E-state index contributed by atoms with van der Waals surface area (Å²) in [5.41, 5.74) is 3.94. The topological polar surface area (TPSA) is 189 Å². The molecule has 0 bridgehead atoms. The SMILES string of the molecule is CCOC(=S)S.CO[C@@]1(C(=O)O)C[C@H](O)[C@](N)(CC(=O)Cl)[C@H]([C@H](O)[C@H](O)CO)O1. The minimum absolute atomic E-state index is 0.317. The Labute approximate surface area is 183 Å². The lowest BCUT2D eigenvalue weighted by Crippen LogP contribution is -2.73. The molecule has 1 saturated heterocycles. The second kappa shape index (κ2) is 12.3. The molecule has 0 aromatic carbocycles. The van der Waals surface area contributed by atoms with Crippen LogP contribution in [0.2, 0.25) is 0 Å². The third-order valence-corrected chi connectivity index (χ3v) is 4.57. The van der Waals surface area contributed by atoms with E-state index < -0.39 is 66.4 Å². The highest BCUT2D eigenvalue weighted by Gasteiger charge is 2.60. The lowest BCUT2D eigenvalue weighted by Gasteiger charge is -2.51. The van der Waals surface area contributed by atoms with Crippen molar-refractivity contribution in [3.05, 3.63) is 0 Å². The summed E-state index contributed by atoms with van der Waals surface area (Å²) >= 11 is 13.4. The normalized spacial score (nSPS) is 31.1. The fraction of sp³-hybridized carbons (Fsp3) is 0.800. The van der Waals surface area contributed by atoms with Crippen molar-refractivity contribution in [2.24, 2.45) is 5.73 Å². The summed E-state index contributed by atoms with van der Waals surface area (Å²) in [5.74, 6) is -3.95. The van der Waals surface area contributed by atoms with Crippen LogP contribution in [0.5, 0.6) is 0 Å². The molecule has 1 rings (SSSR count). The smallest absolute Gasteiger partial charge is 0.364 e. The van der Waals surface area contributed by atoms with Gasteiger partial charge in [0.2, 0.25) is 9.63 Å². The third kappa shape index (κ3) is 7.54. The van der Waals surface area contributed by atoms with Crippen molar-refractivity contribution < 1.29 is 49.3 Å². The van der Waals surface area contributed by atoms with E-state index >= 15 is 0 Å². The summed E-state index contributed by atoms with van der Waals surface area (Å²) in [5, 5.41) is 47.2. The first-order valence-electron chi connectivity index (χ1n) is 8.25. The number of thiol groups is 1. The van der Waals surface area contributed by atoms with E-state index in [1.54, 1.807) is 0 Å². The average Bonchev–Trinajstić information content (AvgIpc) is 2.62. The lowest BCUT2D eigenvalue weighted by molar-refractivity contribution is -0.316. The first-order valence-corrected chi connectivity index (χ1v) is 9.48. The highest BCUT2D eigenvalue weighted by molar-refractivity contribution is 8.10. The van der Waals surface area contributed by atoms with Gasteiger partial charge in [0.05, 0.1) is 24.9 Å². The van der Waals surface area contributed by atoms with Gasteiger partial charge >= 0.3 is 5.97 Å². The highest BCUT2D eigenvalue weighted by atomic mass is 35.5. The van der Waals surface area contributed by atoms with E-state index in [2.05, 4.69) is 29.6 Å². The van der Waals surface area contributed by atoms with Crippen molar-refractivity contribution >= 4 is 52.0 Å². The first-order chi connectivity index (χ1) is 13.3. The zero-order valence-corrected chi connectivity index (χ0v) is 18.2. The van der Waals surface area contributed by atoms with Crippen molar-refractivity contribution in [1.29, 1.82) is 0 Å². The van der Waals surface area contributed by atoms with E-state index in [9.17, 15) is 30.0 Å². The van der Waals surface area contributed by atoms with E-state index in [0.717, 1.165) is 7.11 Å². The van der Waals surface area contributed by atoms with Gasteiger partial charge in [0.15, 0.2) is 0 Å². The van der Waals surface area contributed by atoms with Gasteiger partial charge in [-0.3, -0.25) is 4.79 Å². The Morgan fingerprint density at radius 2 is 2.00 bits per heavy atom. The molecule has 0 radical (unpaired) electrons. The van der Waals surface area contributed by atoms with Gasteiger partial charge in [-0.2, -0.15) is 0 Å². The number of aliphatic hydroxyl groups excluding tert-OH is 4. The van der Waals surface area contributed by atoms with Crippen molar-refractivity contribution in [3.8, 4) is 0 Å². The molecule has 0 aromatic rings. The van der Waals surface area contributed by atoms with Crippen LogP contribution in [0.15, 0.2) is 0 Å². The molecule has 0 unspecified atom stereocenters. The molecular weight excluding hydrogens is 454 g/mol. The number of halogens is 1. The number of carboxylic acids is 1. The highest BCUT2D eigenvalue weighted by Crippen LogP contribution is 2.39. The van der Waals surface area contributed by atoms with Gasteiger partial charge in [-0.25, -0.2) is 4.79 Å². The number of nitrogens with two attached hydrogens (primary N) is 1. The van der Waals surface area contributed by atoms with Crippen molar-refractivity contribution in [1.82, 2.24) is 0 Å². The van der Waals surface area contributed by atoms with E-state index in [1.807, 2.05) is 6.92 Å². The van der Waals surface area contributed by atoms with Crippen LogP contribution < -0.4 is 5.73 Å². The second-order valence-corrected chi connectivity index (χ2v) is 7.61. The van der Waals surface area contributed by atoms with Gasteiger partial charge in [0.1, 0.15) is 18.3 Å². The predicted molar refractivity (Wildman–Crippen MR) is 108 cm³/mol. The molecular formula is C15H26ClNO10S2. The molecule has 1 aliphatic rings. The van der Waals surface area contributed by atoms with Gasteiger partial charge in [-0.15, -0.1) is 0 Å². The van der Waals surface area contributed by atoms with Crippen LogP contribution in [0.4, 0.5) is 0 Å². The standard InChI is InChI=1S/C12H20ClNO9.C3H6OS2/c1-22-12(10(20)21)2-6(17)11(14,3-7(13)18)9(23-12)8(19)5(16)4-15;1-2-4-3(5)6/h5-6,8-9,15-17,19H,2-4,14H2,1H3,(H,20,21);2H2,1H3,(H,5,6)/t5-,6+,8-,9+,11-,12+;/m1./s1. The molecule has 0 spiro atoms. The number of thiocarbonyl (C=S) groups is 1. The van der Waals surface area contributed by atoms with Crippen LogP contribution in [-0.4, -0.2) is 97.2 Å². The third-order valence-electron chi connectivity index (χ3n) is 4.19. The predicted octanol–water partition coefficient (Wildman–Crippen LogP) is -1.63. The van der Waals surface area contributed by atoms with Crippen molar-refractivity contribution in [2.45, 2.75) is 55.5 Å². The number of ether oxygens (including phenoxy) is 3. The van der Waals surface area contributed by atoms with Crippen LogP contribution in [-0.2, 0) is 23.8 Å². The Bertz CT molecular complexity index is 585. The minimum atomic E-state index is -2.35. The van der Waals surface area contributed by atoms with Crippen LogP contribution in [0.25, 0.3) is 0 Å². The largest absolute Gasteiger partial charge is 0.479 e. The summed E-state index contributed by atoms with van der Waals surface area (Å²) < 4.78 is 15.0. The van der Waals surface area contributed by atoms with Gasteiger partial charge in [-0.1, -0.05) is 12.6 Å². The van der Waals surface area contributed by atoms with E-state index in [-0.39, 0.29) is 0 Å². The number of hydrogen-bond acceptors (Lipinski definition) is 11. The van der Waals surface area contributed by atoms with Crippen molar-refractivity contribution in [2.75, 3.05) is 20.3 Å². The first kappa shape index (κ1) is 28.4. The molecule has 14 heteroatoms. The summed E-state index contributed by atoms with van der Waals surface area (Å²) in [6, 6.07) is 0. The molecule has 0 aliphatic carbocycles. The average molecular weight is 480 g/mol. The quantitative estimate of drug-likeness (QED) is 0.120. The fourth-order valence-corrected chi connectivity index (χ4v) is 3.11. The van der Waals surface area contributed by atoms with Crippen molar-refractivity contribution in [3.63, 3.8) is 0 Å². The van der Waals surface area contributed by atoms with E-state index in [4.69, 9.17) is 31.9 Å². The van der Waals surface area contributed by atoms with Crippen LogP contribution >= 0.6 is 36.4 Å². The van der Waals surface area contributed by atoms with Gasteiger partial charge in [0, 0.05) is 20.0 Å². The van der Waals surface area contributed by atoms with E-state index in [0.29, 0.717) is 11.0 Å². The summed E-state index contributed by atoms with van der Waals surface area (Å²) in [7, 11) is 1.00. The monoisotopic (exact) mass is 479 g/mol. The van der Waals surface area contributed by atoms with Crippen LogP contribution in [0.1, 0.15) is 19.8 Å². The Kier molecular flexibility index (Phi) is 12.0. The summed E-state index contributed by atoms with van der Waals surface area (Å²) in [6.07, 6.45) is -8.41. The number of aliphatic hydroxyl groups is 4. The Balaban J connectivity index is 0.00000113. The Morgan fingerprint density at radius 1 is 1.45 bits per heavy atom. The number of rotatable bonds is 8. The Morgan fingerprint density at radius 3 is 2.31 bits per heavy atom. The van der Waals surface area contributed by atoms with Crippen LogP contribution in [0.3, 0.4) is 0 Å². The Hall–Kier alpha value is -0.610. The number of carbonyl (C=O) groups excluding carboxylic acids is 1. The molecule has 0 amide bonds. The zero-order chi connectivity index (χ0) is 23.0. The van der Waals surface area contributed by atoms with Crippen LogP contribution in [0, 0.1) is 0 Å². The van der Waals surface area contributed by atoms with Gasteiger partial charge in [-0.05, 0) is 30.7 Å². The maximum atomic E-state index is 11.4. The summed E-state index contributed by atoms with van der Waals surface area (Å²) in [4.78, 5) is 22.6. The molecule has 0 aromatic heterocycles.